The van der Waals surface area contributed by atoms with Crippen molar-refractivity contribution >= 4 is 45.6 Å². The van der Waals surface area contributed by atoms with Gasteiger partial charge in [-0.2, -0.15) is 13.2 Å². The molecule has 0 saturated heterocycles. The number of hydrogen-bond donors (Lipinski definition) is 5. The van der Waals surface area contributed by atoms with Crippen molar-refractivity contribution in [2.24, 2.45) is 17.2 Å². The standard InChI is InChI=1S/C20H29N7O2S.C8H7F3/c21-7-9-27(10-8-22)19(28)6-5-16(23)20(29)25-13-18(30)26-15-11-14-3-1-2-4-17(14)24-12-15;1-6-2-4-7(5-3-6)8(9,10)11/h1-4,11-12,16H,5-10,13,21-23H2,(H,25,29)(H,26,30);2-5H,1H3. The Morgan fingerprint density at radius 1 is 1.05 bits per heavy atom. The van der Waals surface area contributed by atoms with Crippen LogP contribution in [0.1, 0.15) is 24.0 Å². The fourth-order valence-corrected chi connectivity index (χ4v) is 3.82. The van der Waals surface area contributed by atoms with E-state index in [-0.39, 0.29) is 31.2 Å². The number of carbonyl (C=O) groups excluding carboxylic acids is 2. The van der Waals surface area contributed by atoms with E-state index < -0.39 is 17.8 Å². The van der Waals surface area contributed by atoms with E-state index in [1.54, 1.807) is 18.0 Å². The number of halogens is 3. The summed E-state index contributed by atoms with van der Waals surface area (Å²) >= 11 is 5.28. The maximum absolute atomic E-state index is 12.2. The summed E-state index contributed by atoms with van der Waals surface area (Å²) in [5, 5.41) is 6.73. The van der Waals surface area contributed by atoms with Gasteiger partial charge in [0.25, 0.3) is 0 Å². The molecule has 2 aromatic carbocycles. The molecule has 3 rings (SSSR count). The summed E-state index contributed by atoms with van der Waals surface area (Å²) in [4.78, 5) is 30.8. The summed E-state index contributed by atoms with van der Waals surface area (Å²) in [7, 11) is 0. The highest BCUT2D eigenvalue weighted by Crippen LogP contribution is 2.28. The van der Waals surface area contributed by atoms with Crippen molar-refractivity contribution in [3.05, 3.63) is 71.9 Å². The Balaban J connectivity index is 0.000000446. The van der Waals surface area contributed by atoms with Gasteiger partial charge >= 0.3 is 6.18 Å². The SMILES string of the molecule is Cc1ccc(C(F)(F)F)cc1.NCCN(CCN)C(=O)CCC(N)C(=O)NCC(=S)Nc1cnc2ccccc2c1. The van der Waals surface area contributed by atoms with Gasteiger partial charge in [0.15, 0.2) is 0 Å². The van der Waals surface area contributed by atoms with E-state index in [0.717, 1.165) is 34.3 Å². The summed E-state index contributed by atoms with van der Waals surface area (Å²) < 4.78 is 35.8. The van der Waals surface area contributed by atoms with Gasteiger partial charge in [-0.15, -0.1) is 0 Å². The first-order valence-corrected chi connectivity index (χ1v) is 13.3. The molecule has 0 fully saturated rings. The molecule has 1 aromatic heterocycles. The first-order chi connectivity index (χ1) is 19.4. The number of nitrogens with one attached hydrogen (secondary N) is 2. The number of fused-ring (bicyclic) bond motifs is 1. The Hall–Kier alpha value is -3.65. The molecule has 9 nitrogen and oxygen atoms in total. The van der Waals surface area contributed by atoms with Crippen molar-refractivity contribution in [1.82, 2.24) is 15.2 Å². The van der Waals surface area contributed by atoms with Crippen LogP contribution in [-0.4, -0.2) is 65.5 Å². The third-order valence-electron chi connectivity index (χ3n) is 5.83. The van der Waals surface area contributed by atoms with Crippen molar-refractivity contribution < 1.29 is 22.8 Å². The number of pyridine rings is 1. The van der Waals surface area contributed by atoms with Gasteiger partial charge in [-0.25, -0.2) is 0 Å². The molecule has 0 saturated carbocycles. The Morgan fingerprint density at radius 2 is 1.68 bits per heavy atom. The van der Waals surface area contributed by atoms with Crippen LogP contribution in [-0.2, 0) is 15.8 Å². The van der Waals surface area contributed by atoms with Crippen LogP contribution in [0.25, 0.3) is 10.9 Å². The third-order valence-corrected chi connectivity index (χ3v) is 6.08. The number of rotatable bonds is 11. The zero-order chi connectivity index (χ0) is 30.4. The molecule has 13 heteroatoms. The number of nitrogens with two attached hydrogens (primary N) is 3. The molecule has 8 N–H and O–H groups in total. The fraction of sp³-hybridized carbons (Fsp3) is 0.357. The number of alkyl halides is 3. The Bertz CT molecular complexity index is 1280. The van der Waals surface area contributed by atoms with Gasteiger partial charge < -0.3 is 32.7 Å². The van der Waals surface area contributed by atoms with Crippen LogP contribution in [0.15, 0.2) is 60.8 Å². The van der Waals surface area contributed by atoms with E-state index in [1.165, 1.54) is 12.1 Å². The number of hydrogen-bond acceptors (Lipinski definition) is 7. The first kappa shape index (κ1) is 33.6. The minimum atomic E-state index is -4.21. The molecular weight excluding hydrogens is 555 g/mol. The molecule has 2 amide bonds. The van der Waals surface area contributed by atoms with Gasteiger partial charge in [0.2, 0.25) is 11.8 Å². The summed E-state index contributed by atoms with van der Waals surface area (Å²) in [6.45, 7) is 3.46. The van der Waals surface area contributed by atoms with Gasteiger partial charge in [-0.05, 0) is 37.6 Å². The third kappa shape index (κ3) is 11.8. The van der Waals surface area contributed by atoms with E-state index in [2.05, 4.69) is 15.6 Å². The molecule has 0 aliphatic carbocycles. The molecule has 0 aliphatic rings. The van der Waals surface area contributed by atoms with Gasteiger partial charge in [0.05, 0.1) is 40.5 Å². The molecule has 1 atom stereocenters. The van der Waals surface area contributed by atoms with Crippen molar-refractivity contribution in [3.63, 3.8) is 0 Å². The number of para-hydroxylation sites is 1. The molecule has 0 aliphatic heterocycles. The van der Waals surface area contributed by atoms with Gasteiger partial charge in [-0.3, -0.25) is 14.6 Å². The second kappa shape index (κ2) is 16.6. The number of carbonyl (C=O) groups is 2. The summed E-state index contributed by atoms with van der Waals surface area (Å²) in [5.41, 5.74) is 18.8. The van der Waals surface area contributed by atoms with Crippen LogP contribution < -0.4 is 27.8 Å². The quantitative estimate of drug-likeness (QED) is 0.214. The average Bonchev–Trinajstić information content (AvgIpc) is 2.94. The number of benzene rings is 2. The summed E-state index contributed by atoms with van der Waals surface area (Å²) in [6, 6.07) is 13.9. The number of amides is 2. The number of thiocarbonyl (C=S) groups is 1. The molecular formula is C28H36F3N7O2S. The number of aryl methyl sites for hydroxylation is 1. The van der Waals surface area contributed by atoms with Gasteiger partial charge in [0.1, 0.15) is 0 Å². The van der Waals surface area contributed by atoms with Crippen molar-refractivity contribution in [3.8, 4) is 0 Å². The van der Waals surface area contributed by atoms with E-state index >= 15 is 0 Å². The van der Waals surface area contributed by atoms with E-state index in [0.29, 0.717) is 31.2 Å². The molecule has 0 radical (unpaired) electrons. The van der Waals surface area contributed by atoms with Crippen LogP contribution >= 0.6 is 12.2 Å². The highest BCUT2D eigenvalue weighted by molar-refractivity contribution is 7.80. The molecule has 0 bridgehead atoms. The van der Waals surface area contributed by atoms with Crippen LogP contribution in [0.4, 0.5) is 18.9 Å². The van der Waals surface area contributed by atoms with Crippen LogP contribution in [0.2, 0.25) is 0 Å². The normalized spacial score (nSPS) is 11.7. The fourth-order valence-electron chi connectivity index (χ4n) is 3.63. The van der Waals surface area contributed by atoms with E-state index in [9.17, 15) is 22.8 Å². The topological polar surface area (TPSA) is 152 Å². The minimum absolute atomic E-state index is 0.116. The molecule has 1 unspecified atom stereocenters. The molecule has 222 valence electrons. The average molecular weight is 592 g/mol. The lowest BCUT2D eigenvalue weighted by Gasteiger charge is -2.22. The number of anilines is 1. The van der Waals surface area contributed by atoms with Crippen molar-refractivity contribution in [1.29, 1.82) is 0 Å². The zero-order valence-electron chi connectivity index (χ0n) is 22.8. The zero-order valence-corrected chi connectivity index (χ0v) is 23.6. The lowest BCUT2D eigenvalue weighted by atomic mass is 10.1. The number of nitrogens with zero attached hydrogens (tertiary/aromatic N) is 2. The minimum Gasteiger partial charge on any atom is -0.348 e. The van der Waals surface area contributed by atoms with Gasteiger partial charge in [-0.1, -0.05) is 48.1 Å². The molecule has 1 heterocycles. The maximum atomic E-state index is 12.2. The molecule has 3 aromatic rings. The van der Waals surface area contributed by atoms with Crippen LogP contribution in [0, 0.1) is 6.92 Å². The highest BCUT2D eigenvalue weighted by Gasteiger charge is 2.29. The van der Waals surface area contributed by atoms with Gasteiger partial charge in [0, 0.05) is 38.0 Å². The number of aromatic nitrogens is 1. The second-order valence-electron chi connectivity index (χ2n) is 9.15. The van der Waals surface area contributed by atoms with Crippen LogP contribution in [0.5, 0.6) is 0 Å². The molecule has 41 heavy (non-hydrogen) atoms. The smallest absolute Gasteiger partial charge is 0.348 e. The predicted octanol–water partition coefficient (Wildman–Crippen LogP) is 2.96. The predicted molar refractivity (Wildman–Crippen MR) is 159 cm³/mol. The monoisotopic (exact) mass is 591 g/mol. The Morgan fingerprint density at radius 3 is 2.29 bits per heavy atom. The largest absolute Gasteiger partial charge is 0.416 e. The summed E-state index contributed by atoms with van der Waals surface area (Å²) in [6.07, 6.45) is -2.15. The van der Waals surface area contributed by atoms with E-state index in [1.807, 2.05) is 30.3 Å². The lowest BCUT2D eigenvalue weighted by molar-refractivity contribution is -0.137. The summed E-state index contributed by atoms with van der Waals surface area (Å²) in [5.74, 6) is -0.483. The molecule has 0 spiro atoms. The van der Waals surface area contributed by atoms with Crippen molar-refractivity contribution in [2.45, 2.75) is 32.0 Å². The maximum Gasteiger partial charge on any atom is 0.416 e. The van der Waals surface area contributed by atoms with Crippen LogP contribution in [0.3, 0.4) is 0 Å². The second-order valence-corrected chi connectivity index (χ2v) is 9.64. The lowest BCUT2D eigenvalue weighted by Crippen LogP contribution is -2.44. The van der Waals surface area contributed by atoms with E-state index in [4.69, 9.17) is 29.4 Å². The Labute approximate surface area is 242 Å². The Kier molecular flexibility index (Phi) is 13.6. The highest BCUT2D eigenvalue weighted by atomic mass is 32.1. The van der Waals surface area contributed by atoms with Crippen molar-refractivity contribution in [2.75, 3.05) is 38.0 Å². The first-order valence-electron chi connectivity index (χ1n) is 12.9.